The van der Waals surface area contributed by atoms with Gasteiger partial charge in [0.05, 0.1) is 17.9 Å². The van der Waals surface area contributed by atoms with Crippen molar-refractivity contribution in [3.05, 3.63) is 94.1 Å². The highest BCUT2D eigenvalue weighted by Gasteiger charge is 2.40. The Balaban J connectivity index is 1.49. The van der Waals surface area contributed by atoms with Crippen LogP contribution in [0.3, 0.4) is 0 Å². The fourth-order valence-electron chi connectivity index (χ4n) is 3.25. The Morgan fingerprint density at radius 3 is 2.26 bits per heavy atom. The monoisotopic (exact) mass is 496 g/mol. The Labute approximate surface area is 205 Å². The summed E-state index contributed by atoms with van der Waals surface area (Å²) in [4.78, 5) is 39.1. The van der Waals surface area contributed by atoms with Gasteiger partial charge in [0.25, 0.3) is 11.8 Å². The second-order valence-electron chi connectivity index (χ2n) is 7.08. The molecule has 2 amide bonds. The summed E-state index contributed by atoms with van der Waals surface area (Å²) >= 11 is 12.0. The highest BCUT2D eigenvalue weighted by atomic mass is 35.5. The van der Waals surface area contributed by atoms with Crippen LogP contribution in [-0.4, -0.2) is 24.4 Å². The van der Waals surface area contributed by atoms with Crippen LogP contribution in [0, 0.1) is 0 Å². The summed E-state index contributed by atoms with van der Waals surface area (Å²) in [5.41, 5.74) is 0.975. The number of rotatable bonds is 7. The van der Waals surface area contributed by atoms with Crippen molar-refractivity contribution in [1.82, 2.24) is 0 Å². The van der Waals surface area contributed by atoms with Crippen molar-refractivity contribution in [1.29, 1.82) is 0 Å². The van der Waals surface area contributed by atoms with Gasteiger partial charge in [0.15, 0.2) is 0 Å². The molecule has 34 heavy (non-hydrogen) atoms. The van der Waals surface area contributed by atoms with Gasteiger partial charge in [0.1, 0.15) is 22.2 Å². The number of halogens is 2. The molecule has 9 heteroatoms. The van der Waals surface area contributed by atoms with Gasteiger partial charge in [-0.1, -0.05) is 35.3 Å². The molecule has 7 nitrogen and oxygen atoms in total. The molecule has 1 N–H and O–H groups in total. The number of imide groups is 1. The van der Waals surface area contributed by atoms with Crippen LogP contribution < -0.4 is 19.7 Å². The van der Waals surface area contributed by atoms with Crippen LogP contribution in [0.5, 0.6) is 11.5 Å². The predicted octanol–water partition coefficient (Wildman–Crippen LogP) is 5.39. The SMILES string of the molecule is CCOc1ccccc1N1C(=O)C(Cl)=C(Nc2ccc(C(=O)Oc3ccc(Cl)cc3)cc2)C1=O. The lowest BCUT2D eigenvalue weighted by Gasteiger charge is -2.18. The number of hydrogen-bond donors (Lipinski definition) is 1. The minimum Gasteiger partial charge on any atom is -0.492 e. The van der Waals surface area contributed by atoms with Crippen LogP contribution >= 0.6 is 23.2 Å². The molecule has 0 saturated heterocycles. The van der Waals surface area contributed by atoms with Gasteiger partial charge in [-0.3, -0.25) is 9.59 Å². The van der Waals surface area contributed by atoms with E-state index >= 15 is 0 Å². The van der Waals surface area contributed by atoms with E-state index in [2.05, 4.69) is 5.32 Å². The molecule has 0 spiro atoms. The Morgan fingerprint density at radius 1 is 0.912 bits per heavy atom. The van der Waals surface area contributed by atoms with Crippen molar-refractivity contribution >= 4 is 52.4 Å². The first-order valence-electron chi connectivity index (χ1n) is 10.2. The first-order chi connectivity index (χ1) is 16.4. The van der Waals surface area contributed by atoms with Gasteiger partial charge in [0.2, 0.25) is 0 Å². The highest BCUT2D eigenvalue weighted by Crippen LogP contribution is 2.35. The van der Waals surface area contributed by atoms with Gasteiger partial charge in [-0.2, -0.15) is 0 Å². The number of nitrogens with one attached hydrogen (secondary N) is 1. The van der Waals surface area contributed by atoms with E-state index in [1.165, 1.54) is 12.1 Å². The third-order valence-electron chi connectivity index (χ3n) is 4.85. The van der Waals surface area contributed by atoms with Crippen LogP contribution in [0.4, 0.5) is 11.4 Å². The van der Waals surface area contributed by atoms with Crippen molar-refractivity contribution in [3.8, 4) is 11.5 Å². The van der Waals surface area contributed by atoms with Crippen LogP contribution in [0.15, 0.2) is 83.5 Å². The number of anilines is 2. The average Bonchev–Trinajstić information content (AvgIpc) is 3.04. The number of para-hydroxylation sites is 2. The zero-order valence-electron chi connectivity index (χ0n) is 17.9. The van der Waals surface area contributed by atoms with E-state index in [1.807, 2.05) is 0 Å². The van der Waals surface area contributed by atoms with Crippen molar-refractivity contribution in [2.24, 2.45) is 0 Å². The Hall–Kier alpha value is -3.81. The standard InChI is InChI=1S/C25H18Cl2N2O5/c1-2-33-20-6-4-3-5-19(20)29-23(30)21(27)22(24(29)31)28-17-11-7-15(8-12-17)25(32)34-18-13-9-16(26)10-14-18/h3-14,28H,2H2,1H3. The summed E-state index contributed by atoms with van der Waals surface area (Å²) in [6.07, 6.45) is 0. The summed E-state index contributed by atoms with van der Waals surface area (Å²) in [6, 6.07) is 19.3. The Bertz CT molecular complexity index is 1290. The maximum absolute atomic E-state index is 13.1. The van der Waals surface area contributed by atoms with E-state index in [1.54, 1.807) is 67.6 Å². The number of carbonyl (C=O) groups is 3. The second-order valence-corrected chi connectivity index (χ2v) is 7.90. The molecule has 4 rings (SSSR count). The number of hydrogen-bond acceptors (Lipinski definition) is 6. The molecular formula is C25H18Cl2N2O5. The summed E-state index contributed by atoms with van der Waals surface area (Å²) < 4.78 is 10.8. The third-order valence-corrected chi connectivity index (χ3v) is 5.45. The van der Waals surface area contributed by atoms with E-state index in [4.69, 9.17) is 32.7 Å². The molecule has 1 aliphatic heterocycles. The lowest BCUT2D eigenvalue weighted by molar-refractivity contribution is -0.120. The van der Waals surface area contributed by atoms with Gasteiger partial charge < -0.3 is 14.8 Å². The lowest BCUT2D eigenvalue weighted by atomic mass is 10.2. The van der Waals surface area contributed by atoms with Crippen LogP contribution in [0.25, 0.3) is 0 Å². The van der Waals surface area contributed by atoms with Gasteiger partial charge in [0, 0.05) is 10.7 Å². The number of amides is 2. The number of nitrogens with zero attached hydrogens (tertiary/aromatic N) is 1. The molecule has 1 heterocycles. The van der Waals surface area contributed by atoms with Crippen LogP contribution in [-0.2, 0) is 9.59 Å². The highest BCUT2D eigenvalue weighted by molar-refractivity contribution is 6.53. The molecule has 0 aromatic heterocycles. The van der Waals surface area contributed by atoms with Crippen molar-refractivity contribution < 1.29 is 23.9 Å². The fourth-order valence-corrected chi connectivity index (χ4v) is 3.59. The molecule has 0 unspecified atom stereocenters. The summed E-state index contributed by atoms with van der Waals surface area (Å²) in [7, 11) is 0. The molecule has 3 aromatic rings. The molecular weight excluding hydrogens is 479 g/mol. The minimum atomic E-state index is -0.663. The molecule has 0 saturated carbocycles. The topological polar surface area (TPSA) is 84.9 Å². The maximum atomic E-state index is 13.1. The molecule has 1 aliphatic rings. The third kappa shape index (κ3) is 4.76. The van der Waals surface area contributed by atoms with E-state index in [0.29, 0.717) is 40.1 Å². The molecule has 3 aromatic carbocycles. The number of ether oxygens (including phenoxy) is 2. The van der Waals surface area contributed by atoms with E-state index < -0.39 is 17.8 Å². The van der Waals surface area contributed by atoms with Crippen molar-refractivity contribution in [3.63, 3.8) is 0 Å². The number of carbonyl (C=O) groups excluding carboxylic acids is 3. The molecule has 172 valence electrons. The van der Waals surface area contributed by atoms with Crippen LogP contribution in [0.1, 0.15) is 17.3 Å². The molecule has 0 bridgehead atoms. The predicted molar refractivity (Wildman–Crippen MR) is 129 cm³/mol. The van der Waals surface area contributed by atoms with Gasteiger partial charge in [-0.05, 0) is 67.6 Å². The second kappa shape index (κ2) is 9.99. The average molecular weight is 497 g/mol. The zero-order chi connectivity index (χ0) is 24.2. The van der Waals surface area contributed by atoms with Gasteiger partial charge >= 0.3 is 5.97 Å². The maximum Gasteiger partial charge on any atom is 0.343 e. The van der Waals surface area contributed by atoms with E-state index in [-0.39, 0.29) is 10.7 Å². The fraction of sp³-hybridized carbons (Fsp3) is 0.0800. The van der Waals surface area contributed by atoms with E-state index in [0.717, 1.165) is 4.90 Å². The van der Waals surface area contributed by atoms with Crippen molar-refractivity contribution in [2.45, 2.75) is 6.92 Å². The van der Waals surface area contributed by atoms with Gasteiger partial charge in [-0.25, -0.2) is 9.69 Å². The summed E-state index contributed by atoms with van der Waals surface area (Å²) in [5, 5.41) is 3.16. The molecule has 0 atom stereocenters. The molecule has 0 fully saturated rings. The number of esters is 1. The summed E-state index contributed by atoms with van der Waals surface area (Å²) in [6.45, 7) is 2.17. The van der Waals surface area contributed by atoms with E-state index in [9.17, 15) is 14.4 Å². The van der Waals surface area contributed by atoms with Gasteiger partial charge in [-0.15, -0.1) is 0 Å². The smallest absolute Gasteiger partial charge is 0.343 e. The van der Waals surface area contributed by atoms with Crippen molar-refractivity contribution in [2.75, 3.05) is 16.8 Å². The van der Waals surface area contributed by atoms with Crippen LogP contribution in [0.2, 0.25) is 5.02 Å². The minimum absolute atomic E-state index is 0.0746. The Kier molecular flexibility index (Phi) is 6.86. The largest absolute Gasteiger partial charge is 0.492 e. The summed E-state index contributed by atoms with van der Waals surface area (Å²) in [5.74, 6) is -1.09. The Morgan fingerprint density at radius 2 is 1.59 bits per heavy atom. The lowest BCUT2D eigenvalue weighted by Crippen LogP contribution is -2.32. The number of benzene rings is 3. The zero-order valence-corrected chi connectivity index (χ0v) is 19.4. The molecule has 0 aliphatic carbocycles. The first-order valence-corrected chi connectivity index (χ1v) is 11.0. The normalized spacial score (nSPS) is 13.3. The first kappa shape index (κ1) is 23.4. The molecule has 0 radical (unpaired) electrons. The quantitative estimate of drug-likeness (QED) is 0.268.